The van der Waals surface area contributed by atoms with Crippen molar-refractivity contribution in [3.05, 3.63) is 50.6 Å². The van der Waals surface area contributed by atoms with Crippen LogP contribution in [0.3, 0.4) is 0 Å². The lowest BCUT2D eigenvalue weighted by Gasteiger charge is -2.04. The van der Waals surface area contributed by atoms with Gasteiger partial charge in [-0.1, -0.05) is 0 Å². The molecule has 0 bridgehead atoms. The number of benzene rings is 1. The summed E-state index contributed by atoms with van der Waals surface area (Å²) in [6.45, 7) is 1.65. The highest BCUT2D eigenvalue weighted by Gasteiger charge is 2.02. The molecule has 0 aliphatic rings. The van der Waals surface area contributed by atoms with Crippen LogP contribution >= 0.6 is 39.0 Å². The molecule has 1 N–H and O–H groups in total. The average molecular weight is 364 g/mol. The Balaban J connectivity index is 1.67. The van der Waals surface area contributed by atoms with Crippen molar-refractivity contribution in [3.8, 4) is 0 Å². The van der Waals surface area contributed by atoms with Crippen molar-refractivity contribution >= 4 is 39.0 Å². The van der Waals surface area contributed by atoms with Crippen molar-refractivity contribution < 1.29 is 8.78 Å². The van der Waals surface area contributed by atoms with Crippen LogP contribution in [0.4, 0.5) is 8.78 Å². The molecule has 0 amide bonds. The molecule has 19 heavy (non-hydrogen) atoms. The van der Waals surface area contributed by atoms with Gasteiger partial charge in [-0.25, -0.2) is 8.78 Å². The average Bonchev–Trinajstić information content (AvgIpc) is 2.79. The second-order valence-electron chi connectivity index (χ2n) is 3.83. The van der Waals surface area contributed by atoms with E-state index in [2.05, 4.69) is 27.3 Å². The first-order chi connectivity index (χ1) is 9.15. The topological polar surface area (TPSA) is 12.0 Å². The van der Waals surface area contributed by atoms with E-state index in [1.54, 1.807) is 17.4 Å². The summed E-state index contributed by atoms with van der Waals surface area (Å²) >= 11 is 6.62. The van der Waals surface area contributed by atoms with Crippen LogP contribution in [0.25, 0.3) is 0 Å². The van der Waals surface area contributed by atoms with Crippen LogP contribution in [0.2, 0.25) is 0 Å². The lowest BCUT2D eigenvalue weighted by molar-refractivity contribution is 0.506. The normalized spacial score (nSPS) is 10.9. The van der Waals surface area contributed by atoms with Crippen molar-refractivity contribution in [1.82, 2.24) is 5.32 Å². The zero-order chi connectivity index (χ0) is 13.7. The van der Waals surface area contributed by atoms with Crippen LogP contribution in [0.1, 0.15) is 4.88 Å². The maximum Gasteiger partial charge on any atom is 0.159 e. The minimum Gasteiger partial charge on any atom is -0.311 e. The third kappa shape index (κ3) is 4.87. The summed E-state index contributed by atoms with van der Waals surface area (Å²) < 4.78 is 26.8. The summed E-state index contributed by atoms with van der Waals surface area (Å²) in [5.74, 6) is -0.774. The van der Waals surface area contributed by atoms with E-state index in [1.165, 1.54) is 22.7 Å². The van der Waals surface area contributed by atoms with E-state index in [0.717, 1.165) is 34.3 Å². The van der Waals surface area contributed by atoms with Crippen LogP contribution in [0.5, 0.6) is 0 Å². The largest absolute Gasteiger partial charge is 0.311 e. The standard InChI is InChI=1S/C13H12BrF2NS2/c14-9-5-11(19-8-9)7-17-3-4-18-10-1-2-12(15)13(16)6-10/h1-2,5-6,8,17H,3-4,7H2. The highest BCUT2D eigenvalue weighted by atomic mass is 79.9. The van der Waals surface area contributed by atoms with Crippen LogP contribution in [-0.4, -0.2) is 12.3 Å². The predicted molar refractivity (Wildman–Crippen MR) is 80.8 cm³/mol. The molecule has 0 fully saturated rings. The van der Waals surface area contributed by atoms with E-state index in [-0.39, 0.29) is 0 Å². The van der Waals surface area contributed by atoms with Gasteiger partial charge in [0.05, 0.1) is 0 Å². The monoisotopic (exact) mass is 363 g/mol. The smallest absolute Gasteiger partial charge is 0.159 e. The summed E-state index contributed by atoms with van der Waals surface area (Å²) in [4.78, 5) is 2.02. The van der Waals surface area contributed by atoms with E-state index >= 15 is 0 Å². The maximum absolute atomic E-state index is 13.0. The fourth-order valence-corrected chi connectivity index (χ4v) is 3.72. The van der Waals surface area contributed by atoms with Gasteiger partial charge < -0.3 is 5.32 Å². The number of thiophene rings is 1. The molecule has 1 heterocycles. The second kappa shape index (κ2) is 7.38. The van der Waals surface area contributed by atoms with Gasteiger partial charge in [-0.15, -0.1) is 23.1 Å². The van der Waals surface area contributed by atoms with Gasteiger partial charge in [0.25, 0.3) is 0 Å². The highest BCUT2D eigenvalue weighted by molar-refractivity contribution is 9.10. The summed E-state index contributed by atoms with van der Waals surface area (Å²) in [6, 6.07) is 6.07. The van der Waals surface area contributed by atoms with Crippen molar-refractivity contribution in [2.45, 2.75) is 11.4 Å². The van der Waals surface area contributed by atoms with E-state index in [9.17, 15) is 8.78 Å². The summed E-state index contributed by atoms with van der Waals surface area (Å²) in [5.41, 5.74) is 0. The van der Waals surface area contributed by atoms with E-state index < -0.39 is 11.6 Å². The molecule has 0 unspecified atom stereocenters. The van der Waals surface area contributed by atoms with Crippen molar-refractivity contribution in [3.63, 3.8) is 0 Å². The van der Waals surface area contributed by atoms with Gasteiger partial charge in [0, 0.05) is 38.5 Å². The van der Waals surface area contributed by atoms with Crippen LogP contribution in [0.15, 0.2) is 39.0 Å². The van der Waals surface area contributed by atoms with Gasteiger partial charge >= 0.3 is 0 Å². The number of nitrogens with one attached hydrogen (secondary N) is 1. The predicted octanol–water partition coefficient (Wildman–Crippen LogP) is 4.67. The number of hydrogen-bond acceptors (Lipinski definition) is 3. The Hall–Kier alpha value is -0.430. The molecule has 0 saturated carbocycles. The molecule has 2 aromatic rings. The quantitative estimate of drug-likeness (QED) is 0.591. The minimum atomic E-state index is -0.800. The minimum absolute atomic E-state index is 0.750. The Morgan fingerprint density at radius 3 is 2.74 bits per heavy atom. The molecule has 6 heteroatoms. The number of hydrogen-bond donors (Lipinski definition) is 1. The molecule has 0 spiro atoms. The molecule has 1 aromatic carbocycles. The molecular weight excluding hydrogens is 352 g/mol. The Bertz CT molecular complexity index is 545. The van der Waals surface area contributed by atoms with Crippen LogP contribution < -0.4 is 5.32 Å². The Kier molecular flexibility index (Phi) is 5.81. The van der Waals surface area contributed by atoms with Gasteiger partial charge in [-0.3, -0.25) is 0 Å². The summed E-state index contributed by atoms with van der Waals surface area (Å²) in [5, 5.41) is 5.36. The fourth-order valence-electron chi connectivity index (χ4n) is 1.47. The molecule has 0 aliphatic heterocycles. The molecule has 0 saturated heterocycles. The van der Waals surface area contributed by atoms with Crippen LogP contribution in [0, 0.1) is 11.6 Å². The Morgan fingerprint density at radius 2 is 2.05 bits per heavy atom. The number of halogens is 3. The van der Waals surface area contributed by atoms with Crippen molar-refractivity contribution in [2.75, 3.05) is 12.3 Å². The van der Waals surface area contributed by atoms with Crippen molar-refractivity contribution in [1.29, 1.82) is 0 Å². The molecule has 0 aliphatic carbocycles. The first-order valence-corrected chi connectivity index (χ1v) is 8.32. The van der Waals surface area contributed by atoms with Gasteiger partial charge in [0.2, 0.25) is 0 Å². The SMILES string of the molecule is Fc1ccc(SCCNCc2cc(Br)cs2)cc1F. The Morgan fingerprint density at radius 1 is 1.21 bits per heavy atom. The van der Waals surface area contributed by atoms with Crippen LogP contribution in [-0.2, 0) is 6.54 Å². The zero-order valence-electron chi connectivity index (χ0n) is 9.96. The highest BCUT2D eigenvalue weighted by Crippen LogP contribution is 2.21. The number of thioether (sulfide) groups is 1. The van der Waals surface area contributed by atoms with E-state index in [4.69, 9.17) is 0 Å². The summed E-state index contributed by atoms with van der Waals surface area (Å²) in [6.07, 6.45) is 0. The fraction of sp³-hybridized carbons (Fsp3) is 0.231. The van der Waals surface area contributed by atoms with E-state index in [1.807, 2.05) is 5.38 Å². The van der Waals surface area contributed by atoms with Gasteiger partial charge in [-0.2, -0.15) is 0 Å². The van der Waals surface area contributed by atoms with E-state index in [0.29, 0.717) is 0 Å². The molecule has 2 rings (SSSR count). The van der Waals surface area contributed by atoms with Gasteiger partial charge in [0.1, 0.15) is 0 Å². The second-order valence-corrected chi connectivity index (χ2v) is 6.91. The first-order valence-electron chi connectivity index (χ1n) is 5.66. The summed E-state index contributed by atoms with van der Waals surface area (Å²) in [7, 11) is 0. The molecule has 0 atom stereocenters. The zero-order valence-corrected chi connectivity index (χ0v) is 13.2. The third-order valence-corrected chi connectivity index (χ3v) is 5.05. The first kappa shape index (κ1) is 15.0. The molecular formula is C13H12BrF2NS2. The van der Waals surface area contributed by atoms with Gasteiger partial charge in [0.15, 0.2) is 11.6 Å². The molecule has 0 radical (unpaired) electrons. The third-order valence-electron chi connectivity index (χ3n) is 2.36. The lowest BCUT2D eigenvalue weighted by atomic mass is 10.3. The van der Waals surface area contributed by atoms with Crippen molar-refractivity contribution in [2.24, 2.45) is 0 Å². The lowest BCUT2D eigenvalue weighted by Crippen LogP contribution is -2.15. The molecule has 102 valence electrons. The molecule has 1 nitrogen and oxygen atoms in total. The van der Waals surface area contributed by atoms with Gasteiger partial charge in [-0.05, 0) is 40.2 Å². The Labute approximate surface area is 127 Å². The molecule has 1 aromatic heterocycles. The maximum atomic E-state index is 13.0. The number of rotatable bonds is 6.